The summed E-state index contributed by atoms with van der Waals surface area (Å²) < 4.78 is 30.5. The molecule has 132 valence electrons. The fourth-order valence-corrected chi connectivity index (χ4v) is 5.03. The van der Waals surface area contributed by atoms with E-state index in [9.17, 15) is 18.0 Å². The topological polar surface area (TPSA) is 113 Å². The summed E-state index contributed by atoms with van der Waals surface area (Å²) in [6.45, 7) is 2.34. The molecule has 0 bridgehead atoms. The van der Waals surface area contributed by atoms with Crippen LogP contribution in [0.5, 0.6) is 0 Å². The van der Waals surface area contributed by atoms with E-state index in [0.29, 0.717) is 18.7 Å². The zero-order valence-corrected chi connectivity index (χ0v) is 14.5. The zero-order chi connectivity index (χ0) is 17.6. The Balaban J connectivity index is 1.82. The number of rotatable bonds is 3. The molecule has 0 saturated carbocycles. The third-order valence-corrected chi connectivity index (χ3v) is 5.92. The number of carbonyl (C=O) groups is 2. The van der Waals surface area contributed by atoms with Crippen LogP contribution in [0.2, 0.25) is 0 Å². The van der Waals surface area contributed by atoms with Gasteiger partial charge in [0.05, 0.1) is 6.26 Å². The number of amides is 2. The van der Waals surface area contributed by atoms with Gasteiger partial charge in [-0.2, -0.15) is 4.31 Å². The van der Waals surface area contributed by atoms with E-state index in [1.54, 1.807) is 17.9 Å². The molecular formula is C14H20N4O5S. The van der Waals surface area contributed by atoms with Crippen LogP contribution in [-0.2, 0) is 14.8 Å². The molecule has 1 N–H and O–H groups in total. The van der Waals surface area contributed by atoms with Crippen LogP contribution in [0, 0.1) is 12.8 Å². The first kappa shape index (κ1) is 16.9. The van der Waals surface area contributed by atoms with E-state index in [2.05, 4.69) is 10.5 Å². The predicted octanol–water partition coefficient (Wildman–Crippen LogP) is -0.796. The number of hydrogen-bond acceptors (Lipinski definition) is 6. The van der Waals surface area contributed by atoms with Gasteiger partial charge < -0.3 is 14.7 Å². The van der Waals surface area contributed by atoms with Crippen molar-refractivity contribution in [1.82, 2.24) is 19.7 Å². The standard InChI is InChI=1S/C14H20N4O5S/c1-8-4-10(16-23-8)14(20)17-6-9-5-11(13(19)15-2)18(12(9)7-17)24(3,21)22/h4,9,11-12H,5-7H2,1-3H3,(H,15,19)/t9-,11-,12+/m0/s1. The number of sulfonamides is 1. The first-order valence-electron chi connectivity index (χ1n) is 7.65. The maximum atomic E-state index is 12.5. The number of aryl methyl sites for hydroxylation is 1. The molecule has 0 aromatic carbocycles. The molecule has 9 nitrogen and oxygen atoms in total. The first-order valence-corrected chi connectivity index (χ1v) is 9.50. The van der Waals surface area contributed by atoms with Crippen molar-refractivity contribution >= 4 is 21.8 Å². The third kappa shape index (κ3) is 2.80. The van der Waals surface area contributed by atoms with Crippen molar-refractivity contribution in [2.45, 2.75) is 25.4 Å². The van der Waals surface area contributed by atoms with Gasteiger partial charge in [-0.3, -0.25) is 9.59 Å². The van der Waals surface area contributed by atoms with Gasteiger partial charge in [-0.15, -0.1) is 0 Å². The number of carbonyl (C=O) groups excluding carboxylic acids is 2. The lowest BCUT2D eigenvalue weighted by molar-refractivity contribution is -0.124. The van der Waals surface area contributed by atoms with Gasteiger partial charge in [0.25, 0.3) is 5.91 Å². The Morgan fingerprint density at radius 3 is 2.62 bits per heavy atom. The molecule has 2 aliphatic rings. The van der Waals surface area contributed by atoms with Crippen molar-refractivity contribution in [2.24, 2.45) is 5.92 Å². The van der Waals surface area contributed by atoms with Gasteiger partial charge in [0, 0.05) is 32.2 Å². The van der Waals surface area contributed by atoms with Gasteiger partial charge in [-0.05, 0) is 19.3 Å². The maximum absolute atomic E-state index is 12.5. The summed E-state index contributed by atoms with van der Waals surface area (Å²) >= 11 is 0. The van der Waals surface area contributed by atoms with Crippen molar-refractivity contribution in [3.63, 3.8) is 0 Å². The highest BCUT2D eigenvalue weighted by molar-refractivity contribution is 7.88. The van der Waals surface area contributed by atoms with Crippen LogP contribution >= 0.6 is 0 Å². The number of nitrogens with zero attached hydrogens (tertiary/aromatic N) is 3. The molecule has 10 heteroatoms. The molecule has 1 aromatic heterocycles. The zero-order valence-electron chi connectivity index (χ0n) is 13.7. The van der Waals surface area contributed by atoms with Gasteiger partial charge in [-0.25, -0.2) is 8.42 Å². The van der Waals surface area contributed by atoms with Gasteiger partial charge in [0.1, 0.15) is 11.8 Å². The molecule has 2 saturated heterocycles. The van der Waals surface area contributed by atoms with Gasteiger partial charge in [0.15, 0.2) is 5.69 Å². The van der Waals surface area contributed by atoms with Crippen molar-refractivity contribution in [3.05, 3.63) is 17.5 Å². The number of fused-ring (bicyclic) bond motifs is 1. The number of likely N-dealkylation sites (tertiary alicyclic amines) is 1. The van der Waals surface area contributed by atoms with E-state index in [0.717, 1.165) is 6.26 Å². The summed E-state index contributed by atoms with van der Waals surface area (Å²) in [5, 5.41) is 6.23. The fourth-order valence-electron chi connectivity index (χ4n) is 3.66. The molecule has 3 heterocycles. The molecule has 2 aliphatic heterocycles. The van der Waals surface area contributed by atoms with E-state index >= 15 is 0 Å². The first-order chi connectivity index (χ1) is 11.2. The lowest BCUT2D eigenvalue weighted by atomic mass is 10.0. The number of hydrogen-bond donors (Lipinski definition) is 1. The number of aromatic nitrogens is 1. The van der Waals surface area contributed by atoms with Crippen molar-refractivity contribution in [3.8, 4) is 0 Å². The summed E-state index contributed by atoms with van der Waals surface area (Å²) in [5.41, 5.74) is 0.209. The Labute approximate surface area is 140 Å². The Morgan fingerprint density at radius 2 is 2.08 bits per heavy atom. The molecule has 0 spiro atoms. The van der Waals surface area contributed by atoms with E-state index < -0.39 is 16.1 Å². The van der Waals surface area contributed by atoms with Crippen molar-refractivity contribution in [2.75, 3.05) is 26.4 Å². The van der Waals surface area contributed by atoms with Gasteiger partial charge in [0.2, 0.25) is 15.9 Å². The van der Waals surface area contributed by atoms with Crippen molar-refractivity contribution < 1.29 is 22.5 Å². The number of likely N-dealkylation sites (N-methyl/N-ethyl adjacent to an activating group) is 1. The van der Waals surface area contributed by atoms with Crippen LogP contribution in [0.25, 0.3) is 0 Å². The summed E-state index contributed by atoms with van der Waals surface area (Å²) in [7, 11) is -2.08. The average molecular weight is 356 g/mol. The Morgan fingerprint density at radius 1 is 1.38 bits per heavy atom. The van der Waals surface area contributed by atoms with Crippen LogP contribution in [-0.4, -0.2) is 73.1 Å². The van der Waals surface area contributed by atoms with E-state index in [1.165, 1.54) is 11.4 Å². The Kier molecular flexibility index (Phi) is 4.12. The predicted molar refractivity (Wildman–Crippen MR) is 83.6 cm³/mol. The molecule has 2 amide bonds. The lowest BCUT2D eigenvalue weighted by Crippen LogP contribution is -2.49. The van der Waals surface area contributed by atoms with E-state index in [4.69, 9.17) is 4.52 Å². The summed E-state index contributed by atoms with van der Waals surface area (Å²) in [6, 6.07) is 0.448. The van der Waals surface area contributed by atoms with Gasteiger partial charge in [-0.1, -0.05) is 5.16 Å². The van der Waals surface area contributed by atoms with Crippen LogP contribution in [0.1, 0.15) is 22.7 Å². The molecule has 0 aliphatic carbocycles. The minimum absolute atomic E-state index is 0.0704. The lowest BCUT2D eigenvalue weighted by Gasteiger charge is -2.27. The highest BCUT2D eigenvalue weighted by atomic mass is 32.2. The summed E-state index contributed by atoms with van der Waals surface area (Å²) in [6.07, 6.45) is 1.50. The smallest absolute Gasteiger partial charge is 0.276 e. The van der Waals surface area contributed by atoms with Crippen LogP contribution in [0.15, 0.2) is 10.6 Å². The minimum Gasteiger partial charge on any atom is -0.361 e. The quantitative estimate of drug-likeness (QED) is 0.759. The molecule has 0 unspecified atom stereocenters. The van der Waals surface area contributed by atoms with E-state index in [1.807, 2.05) is 0 Å². The molecular weight excluding hydrogens is 336 g/mol. The Bertz CT molecular complexity index is 774. The van der Waals surface area contributed by atoms with Crippen LogP contribution < -0.4 is 5.32 Å². The minimum atomic E-state index is -3.57. The molecule has 24 heavy (non-hydrogen) atoms. The fraction of sp³-hybridized carbons (Fsp3) is 0.643. The number of nitrogens with one attached hydrogen (secondary N) is 1. The second kappa shape index (κ2) is 5.85. The summed E-state index contributed by atoms with van der Waals surface area (Å²) in [4.78, 5) is 26.1. The molecule has 1 aromatic rings. The highest BCUT2D eigenvalue weighted by Gasteiger charge is 2.53. The third-order valence-electron chi connectivity index (χ3n) is 4.63. The second-order valence-electron chi connectivity index (χ2n) is 6.32. The summed E-state index contributed by atoms with van der Waals surface area (Å²) in [5.74, 6) is -0.139. The normalized spacial score (nSPS) is 27.3. The molecule has 3 atom stereocenters. The average Bonchev–Trinajstić information content (AvgIpc) is 3.17. The molecule has 2 fully saturated rings. The van der Waals surface area contributed by atoms with E-state index in [-0.39, 0.29) is 36.0 Å². The van der Waals surface area contributed by atoms with Crippen LogP contribution in [0.4, 0.5) is 0 Å². The molecule has 0 radical (unpaired) electrons. The van der Waals surface area contributed by atoms with Gasteiger partial charge >= 0.3 is 0 Å². The SMILES string of the molecule is CNC(=O)[C@@H]1C[C@H]2CN(C(=O)c3cc(C)on3)C[C@H]2N1S(C)(=O)=O. The maximum Gasteiger partial charge on any atom is 0.276 e. The monoisotopic (exact) mass is 356 g/mol. The van der Waals surface area contributed by atoms with Crippen LogP contribution in [0.3, 0.4) is 0 Å². The molecule has 3 rings (SSSR count). The Hall–Kier alpha value is -1.94. The van der Waals surface area contributed by atoms with Crippen molar-refractivity contribution in [1.29, 1.82) is 0 Å². The largest absolute Gasteiger partial charge is 0.361 e. The highest BCUT2D eigenvalue weighted by Crippen LogP contribution is 2.37. The second-order valence-corrected chi connectivity index (χ2v) is 8.21.